The van der Waals surface area contributed by atoms with Gasteiger partial charge in [0, 0.05) is 49.6 Å². The highest BCUT2D eigenvalue weighted by atomic mass is 16.5. The zero-order chi connectivity index (χ0) is 21.8. The Morgan fingerprint density at radius 2 is 1.77 bits per heavy atom. The molecule has 0 fully saturated rings. The molecule has 0 spiro atoms. The van der Waals surface area contributed by atoms with Gasteiger partial charge in [-0.1, -0.05) is 24.3 Å². The molecule has 156 valence electrons. The third-order valence-electron chi connectivity index (χ3n) is 5.24. The number of para-hydroxylation sites is 1. The van der Waals surface area contributed by atoms with Gasteiger partial charge in [0.15, 0.2) is 0 Å². The molecular weight excluding hydrogens is 392 g/mol. The Morgan fingerprint density at radius 1 is 0.968 bits per heavy atom. The van der Waals surface area contributed by atoms with E-state index in [2.05, 4.69) is 20.6 Å². The topological polar surface area (TPSA) is 77.3 Å². The van der Waals surface area contributed by atoms with Crippen molar-refractivity contribution in [2.45, 2.75) is 13.1 Å². The molecule has 7 heteroatoms. The van der Waals surface area contributed by atoms with Crippen LogP contribution in [0.25, 0.3) is 10.9 Å². The first-order chi connectivity index (χ1) is 15.1. The molecule has 31 heavy (non-hydrogen) atoms. The molecule has 1 amide bonds. The Morgan fingerprint density at radius 3 is 2.52 bits per heavy atom. The number of carbonyl (C=O) groups is 2. The quantitative estimate of drug-likeness (QED) is 0.451. The number of rotatable bonds is 6. The lowest BCUT2D eigenvalue weighted by molar-refractivity contribution is 0.0587. The Kier molecular flexibility index (Phi) is 5.75. The van der Waals surface area contributed by atoms with Crippen molar-refractivity contribution in [2.24, 2.45) is 7.05 Å². The summed E-state index contributed by atoms with van der Waals surface area (Å²) in [6.45, 7) is 0.693. The molecule has 1 aromatic carbocycles. The Hall–Kier alpha value is -4.00. The number of pyridine rings is 2. The van der Waals surface area contributed by atoms with Crippen molar-refractivity contribution in [3.8, 4) is 0 Å². The number of hydrogen-bond donors (Lipinski definition) is 0. The Bertz CT molecular complexity index is 1230. The summed E-state index contributed by atoms with van der Waals surface area (Å²) in [6, 6.07) is 15.4. The van der Waals surface area contributed by atoms with E-state index >= 15 is 0 Å². The van der Waals surface area contributed by atoms with Crippen LogP contribution < -0.4 is 0 Å². The molecule has 0 unspecified atom stereocenters. The molecule has 3 aromatic heterocycles. The number of hydrogen-bond acceptors (Lipinski definition) is 5. The molecule has 0 N–H and O–H groups in total. The highest BCUT2D eigenvalue weighted by Crippen LogP contribution is 2.22. The van der Waals surface area contributed by atoms with E-state index in [1.54, 1.807) is 17.3 Å². The number of benzene rings is 1. The number of esters is 1. The van der Waals surface area contributed by atoms with Crippen LogP contribution >= 0.6 is 0 Å². The molecule has 0 saturated carbocycles. The molecule has 0 atom stereocenters. The van der Waals surface area contributed by atoms with Crippen LogP contribution in [0.3, 0.4) is 0 Å². The summed E-state index contributed by atoms with van der Waals surface area (Å²) in [4.78, 5) is 35.7. The van der Waals surface area contributed by atoms with Gasteiger partial charge in [0.2, 0.25) is 0 Å². The minimum absolute atomic E-state index is 0.190. The van der Waals surface area contributed by atoms with Gasteiger partial charge in [-0.05, 0) is 35.2 Å². The fourth-order valence-electron chi connectivity index (χ4n) is 3.63. The van der Waals surface area contributed by atoms with E-state index in [-0.39, 0.29) is 17.0 Å². The largest absolute Gasteiger partial charge is 0.465 e. The molecule has 0 aliphatic heterocycles. The van der Waals surface area contributed by atoms with E-state index in [0.717, 1.165) is 22.2 Å². The molecule has 0 saturated heterocycles. The van der Waals surface area contributed by atoms with Crippen molar-refractivity contribution in [1.82, 2.24) is 19.4 Å². The van der Waals surface area contributed by atoms with Crippen LogP contribution in [0, 0.1) is 0 Å². The normalized spacial score (nSPS) is 10.8. The first kappa shape index (κ1) is 20.3. The highest BCUT2D eigenvalue weighted by Gasteiger charge is 2.24. The van der Waals surface area contributed by atoms with Crippen molar-refractivity contribution in [3.05, 3.63) is 95.7 Å². The molecule has 4 rings (SSSR count). The van der Waals surface area contributed by atoms with Crippen molar-refractivity contribution in [3.63, 3.8) is 0 Å². The maximum absolute atomic E-state index is 13.6. The summed E-state index contributed by atoms with van der Waals surface area (Å²) < 4.78 is 6.92. The zero-order valence-electron chi connectivity index (χ0n) is 17.4. The van der Waals surface area contributed by atoms with Crippen LogP contribution in [0.4, 0.5) is 0 Å². The second-order valence-electron chi connectivity index (χ2n) is 7.19. The van der Waals surface area contributed by atoms with Gasteiger partial charge in [0.1, 0.15) is 0 Å². The summed E-state index contributed by atoms with van der Waals surface area (Å²) in [5, 5.41) is 1.10. The summed E-state index contributed by atoms with van der Waals surface area (Å²) >= 11 is 0. The lowest BCUT2D eigenvalue weighted by atomic mass is 10.1. The number of fused-ring (bicyclic) bond motifs is 1. The van der Waals surface area contributed by atoms with Crippen LogP contribution in [0.1, 0.15) is 32.0 Å². The predicted molar refractivity (Wildman–Crippen MR) is 116 cm³/mol. The number of ether oxygens (including phenoxy) is 1. The Balaban J connectivity index is 1.73. The van der Waals surface area contributed by atoms with Gasteiger partial charge in [-0.15, -0.1) is 0 Å². The van der Waals surface area contributed by atoms with Crippen molar-refractivity contribution in [2.75, 3.05) is 7.11 Å². The van der Waals surface area contributed by atoms with Crippen LogP contribution in [0.2, 0.25) is 0 Å². The minimum atomic E-state index is -0.573. The molecule has 3 heterocycles. The molecule has 7 nitrogen and oxygen atoms in total. The maximum Gasteiger partial charge on any atom is 0.338 e. The van der Waals surface area contributed by atoms with E-state index < -0.39 is 5.97 Å². The SMILES string of the molecule is COC(=O)c1ccncc1C(=O)N(Cc1cccnc1)Cc1cc2ccccc2n1C. The van der Waals surface area contributed by atoms with Gasteiger partial charge in [0.25, 0.3) is 5.91 Å². The van der Waals surface area contributed by atoms with Crippen LogP contribution in [0.5, 0.6) is 0 Å². The minimum Gasteiger partial charge on any atom is -0.465 e. The van der Waals surface area contributed by atoms with Crippen LogP contribution in [-0.2, 0) is 24.9 Å². The van der Waals surface area contributed by atoms with Crippen molar-refractivity contribution < 1.29 is 14.3 Å². The van der Waals surface area contributed by atoms with E-state index in [9.17, 15) is 9.59 Å². The average molecular weight is 414 g/mol. The number of nitrogens with zero attached hydrogens (tertiary/aromatic N) is 4. The van der Waals surface area contributed by atoms with Crippen LogP contribution in [-0.4, -0.2) is 38.4 Å². The van der Waals surface area contributed by atoms with Gasteiger partial charge in [0.05, 0.1) is 24.8 Å². The predicted octanol–water partition coefficient (Wildman–Crippen LogP) is 3.60. The third-order valence-corrected chi connectivity index (χ3v) is 5.24. The second-order valence-corrected chi connectivity index (χ2v) is 7.19. The van der Waals surface area contributed by atoms with Gasteiger partial charge in [-0.2, -0.15) is 0 Å². The van der Waals surface area contributed by atoms with Gasteiger partial charge >= 0.3 is 5.97 Å². The number of amides is 1. The summed E-state index contributed by atoms with van der Waals surface area (Å²) in [5.41, 5.74) is 3.34. The van der Waals surface area contributed by atoms with Gasteiger partial charge < -0.3 is 14.2 Å². The maximum atomic E-state index is 13.6. The third kappa shape index (κ3) is 4.16. The van der Waals surface area contributed by atoms with Gasteiger partial charge in [-0.25, -0.2) is 4.79 Å². The fraction of sp³-hybridized carbons (Fsp3) is 0.167. The summed E-state index contributed by atoms with van der Waals surface area (Å²) in [5.74, 6) is -0.876. The number of aromatic nitrogens is 3. The smallest absolute Gasteiger partial charge is 0.338 e. The molecule has 0 aliphatic carbocycles. The molecule has 0 aliphatic rings. The first-order valence-electron chi connectivity index (χ1n) is 9.82. The van der Waals surface area contributed by atoms with E-state index in [4.69, 9.17) is 4.74 Å². The monoisotopic (exact) mass is 414 g/mol. The molecular formula is C24H22N4O3. The summed E-state index contributed by atoms with van der Waals surface area (Å²) in [7, 11) is 3.27. The van der Waals surface area contributed by atoms with Crippen molar-refractivity contribution in [1.29, 1.82) is 0 Å². The Labute approximate surface area is 179 Å². The van der Waals surface area contributed by atoms with Gasteiger partial charge in [-0.3, -0.25) is 14.8 Å². The van der Waals surface area contributed by atoms with Crippen molar-refractivity contribution >= 4 is 22.8 Å². The lowest BCUT2D eigenvalue weighted by Gasteiger charge is -2.24. The second kappa shape index (κ2) is 8.79. The lowest BCUT2D eigenvalue weighted by Crippen LogP contribution is -2.32. The number of methoxy groups -OCH3 is 1. The fourth-order valence-corrected chi connectivity index (χ4v) is 3.63. The standard InChI is InChI=1S/C24H22N4O3/c1-27-19(12-18-7-3-4-8-22(18)27)16-28(15-17-6-5-10-25-13-17)23(29)21-14-26-11-9-20(21)24(30)31-2/h3-14H,15-16H2,1-2H3. The first-order valence-corrected chi connectivity index (χ1v) is 9.82. The zero-order valence-corrected chi connectivity index (χ0v) is 17.4. The molecule has 0 radical (unpaired) electrons. The number of carbonyl (C=O) groups excluding carboxylic acids is 2. The van der Waals surface area contributed by atoms with E-state index in [1.807, 2.05) is 43.4 Å². The molecule has 4 aromatic rings. The summed E-state index contributed by atoms with van der Waals surface area (Å²) in [6.07, 6.45) is 6.30. The van der Waals surface area contributed by atoms with E-state index in [1.165, 1.54) is 25.6 Å². The molecule has 0 bridgehead atoms. The number of aryl methyl sites for hydroxylation is 1. The van der Waals surface area contributed by atoms with Crippen LogP contribution in [0.15, 0.2) is 73.3 Å². The highest BCUT2D eigenvalue weighted by molar-refractivity contribution is 6.05. The van der Waals surface area contributed by atoms with E-state index in [0.29, 0.717) is 13.1 Å². The average Bonchev–Trinajstić information content (AvgIpc) is 3.13.